The molecule has 2 saturated heterocycles. The van der Waals surface area contributed by atoms with E-state index in [2.05, 4.69) is 5.32 Å². The number of halogens is 1. The second-order valence-corrected chi connectivity index (χ2v) is 8.82. The number of rotatable bonds is 6. The molecule has 0 bridgehead atoms. The number of carbonyl (C=O) groups excluding carboxylic acids is 3. The highest BCUT2D eigenvalue weighted by Crippen LogP contribution is 2.39. The second kappa shape index (κ2) is 10.5. The molecule has 1 atom stereocenters. The van der Waals surface area contributed by atoms with Crippen LogP contribution in [0.25, 0.3) is 0 Å². The van der Waals surface area contributed by atoms with Gasteiger partial charge in [0.2, 0.25) is 5.91 Å². The minimum atomic E-state index is -1.03. The first-order chi connectivity index (χ1) is 16.9. The van der Waals surface area contributed by atoms with E-state index >= 15 is 0 Å². The summed E-state index contributed by atoms with van der Waals surface area (Å²) in [7, 11) is 1.55. The minimum absolute atomic E-state index is 0.0130. The van der Waals surface area contributed by atoms with Crippen LogP contribution in [0.5, 0.6) is 0 Å². The van der Waals surface area contributed by atoms with Crippen LogP contribution >= 0.6 is 0 Å². The summed E-state index contributed by atoms with van der Waals surface area (Å²) in [4.78, 5) is 42.8. The first kappa shape index (κ1) is 24.8. The molecule has 0 radical (unpaired) electrons. The number of ether oxygens (including phenoxy) is 2. The topological polar surface area (TPSA) is 88.2 Å². The van der Waals surface area contributed by atoms with Crippen molar-refractivity contribution in [3.63, 3.8) is 0 Å². The molecule has 1 N–H and O–H groups in total. The average Bonchev–Trinajstić information content (AvgIpc) is 3.23. The number of piperidine rings is 1. The molecule has 3 amide bonds. The van der Waals surface area contributed by atoms with Crippen molar-refractivity contribution in [2.45, 2.75) is 31.5 Å². The summed E-state index contributed by atoms with van der Waals surface area (Å²) in [5.41, 5.74) is 0.274. The molecule has 2 aliphatic heterocycles. The van der Waals surface area contributed by atoms with Crippen molar-refractivity contribution >= 4 is 17.7 Å². The van der Waals surface area contributed by atoms with E-state index in [4.69, 9.17) is 9.47 Å². The molecule has 4 rings (SSSR count). The number of hydrogen-bond donors (Lipinski definition) is 1. The molecule has 9 heteroatoms. The van der Waals surface area contributed by atoms with Gasteiger partial charge in [-0.2, -0.15) is 0 Å². The highest BCUT2D eigenvalue weighted by Gasteiger charge is 2.54. The largest absolute Gasteiger partial charge is 0.383 e. The Bertz CT molecular complexity index is 1100. The number of nitrogens with zero attached hydrogens (tertiary/aromatic N) is 2. The van der Waals surface area contributed by atoms with Gasteiger partial charge in [0.1, 0.15) is 17.6 Å². The molecule has 1 unspecified atom stereocenters. The van der Waals surface area contributed by atoms with Crippen LogP contribution in [0.3, 0.4) is 0 Å². The number of likely N-dealkylation sites (tertiary alicyclic amines) is 1. The standard InChI is InChI=1S/C26H30FN3O5/c1-18-7-3-4-8-19(18)25(33)30-22(23(31)28-13-16-34-2)17-35-26(30)11-14-29(15-12-26)24(32)20-9-5-6-10-21(20)27/h3-10,22H,11-17H2,1-2H3,(H,28,31). The third-order valence-corrected chi connectivity index (χ3v) is 6.70. The first-order valence-corrected chi connectivity index (χ1v) is 11.7. The number of methoxy groups -OCH3 is 1. The van der Waals surface area contributed by atoms with Crippen LogP contribution in [-0.4, -0.2) is 79.2 Å². The van der Waals surface area contributed by atoms with E-state index in [1.165, 1.54) is 18.2 Å². The Hall–Kier alpha value is -3.30. The quantitative estimate of drug-likeness (QED) is 0.638. The Morgan fingerprint density at radius 2 is 1.71 bits per heavy atom. The molecule has 2 aliphatic rings. The Labute approximate surface area is 204 Å². The third-order valence-electron chi connectivity index (χ3n) is 6.70. The van der Waals surface area contributed by atoms with E-state index in [-0.39, 0.29) is 37.1 Å². The van der Waals surface area contributed by atoms with Crippen molar-refractivity contribution in [2.75, 3.05) is 40.0 Å². The lowest BCUT2D eigenvalue weighted by Crippen LogP contribution is -2.60. The maximum atomic E-state index is 14.2. The minimum Gasteiger partial charge on any atom is -0.383 e. The number of carbonyl (C=O) groups is 3. The molecule has 0 aromatic heterocycles. The summed E-state index contributed by atoms with van der Waals surface area (Å²) < 4.78 is 25.4. The van der Waals surface area contributed by atoms with Gasteiger partial charge in [-0.1, -0.05) is 30.3 Å². The van der Waals surface area contributed by atoms with E-state index in [1.54, 1.807) is 35.1 Å². The molecule has 1 spiro atoms. The molecule has 0 aliphatic carbocycles. The number of aryl methyl sites for hydroxylation is 1. The maximum absolute atomic E-state index is 14.2. The van der Waals surface area contributed by atoms with Gasteiger partial charge >= 0.3 is 0 Å². The van der Waals surface area contributed by atoms with E-state index < -0.39 is 23.5 Å². The molecular weight excluding hydrogens is 453 g/mol. The molecule has 2 fully saturated rings. The van der Waals surface area contributed by atoms with Gasteiger partial charge < -0.3 is 19.7 Å². The molecule has 186 valence electrons. The number of hydrogen-bond acceptors (Lipinski definition) is 5. The number of nitrogens with one attached hydrogen (secondary N) is 1. The lowest BCUT2D eigenvalue weighted by Gasteiger charge is -2.44. The Morgan fingerprint density at radius 3 is 2.37 bits per heavy atom. The van der Waals surface area contributed by atoms with Crippen LogP contribution in [0.15, 0.2) is 48.5 Å². The van der Waals surface area contributed by atoms with Crippen LogP contribution in [0.1, 0.15) is 39.1 Å². The zero-order valence-electron chi connectivity index (χ0n) is 20.0. The van der Waals surface area contributed by atoms with Crippen LogP contribution in [-0.2, 0) is 14.3 Å². The zero-order valence-corrected chi connectivity index (χ0v) is 20.0. The highest BCUT2D eigenvalue weighted by molar-refractivity contribution is 5.99. The van der Waals surface area contributed by atoms with Crippen molar-refractivity contribution in [2.24, 2.45) is 0 Å². The van der Waals surface area contributed by atoms with Crippen molar-refractivity contribution in [1.29, 1.82) is 0 Å². The van der Waals surface area contributed by atoms with Gasteiger partial charge in [-0.15, -0.1) is 0 Å². The zero-order chi connectivity index (χ0) is 25.0. The monoisotopic (exact) mass is 483 g/mol. The summed E-state index contributed by atoms with van der Waals surface area (Å²) in [6.07, 6.45) is 0.624. The fourth-order valence-electron chi connectivity index (χ4n) is 4.77. The normalized spacial score (nSPS) is 19.1. The summed E-state index contributed by atoms with van der Waals surface area (Å²) in [5.74, 6) is -1.58. The van der Waals surface area contributed by atoms with Crippen molar-refractivity contribution in [3.8, 4) is 0 Å². The molecule has 0 saturated carbocycles. The highest BCUT2D eigenvalue weighted by atomic mass is 19.1. The first-order valence-electron chi connectivity index (χ1n) is 11.7. The Kier molecular flexibility index (Phi) is 7.47. The van der Waals surface area contributed by atoms with Crippen molar-refractivity contribution in [3.05, 3.63) is 71.0 Å². The van der Waals surface area contributed by atoms with Gasteiger partial charge in [-0.25, -0.2) is 4.39 Å². The molecule has 2 aromatic carbocycles. The predicted molar refractivity (Wildman–Crippen MR) is 126 cm³/mol. The fraction of sp³-hybridized carbons (Fsp3) is 0.423. The van der Waals surface area contributed by atoms with Crippen molar-refractivity contribution in [1.82, 2.24) is 15.1 Å². The Morgan fingerprint density at radius 1 is 1.06 bits per heavy atom. The van der Waals surface area contributed by atoms with E-state index in [1.807, 2.05) is 19.1 Å². The van der Waals surface area contributed by atoms with Gasteiger partial charge in [0.15, 0.2) is 0 Å². The molecule has 2 aromatic rings. The maximum Gasteiger partial charge on any atom is 0.257 e. The number of amides is 3. The van der Waals surface area contributed by atoms with E-state index in [0.717, 1.165) is 5.56 Å². The third kappa shape index (κ3) is 4.92. The van der Waals surface area contributed by atoms with Gasteiger partial charge in [0, 0.05) is 45.1 Å². The van der Waals surface area contributed by atoms with E-state index in [9.17, 15) is 18.8 Å². The number of benzene rings is 2. The Balaban J connectivity index is 1.57. The van der Waals surface area contributed by atoms with Crippen LogP contribution in [0.4, 0.5) is 4.39 Å². The molecular formula is C26H30FN3O5. The SMILES string of the molecule is COCCNC(=O)C1COC2(CCN(C(=O)c3ccccc3F)CC2)N1C(=O)c1ccccc1C. The van der Waals surface area contributed by atoms with E-state index in [0.29, 0.717) is 31.6 Å². The molecule has 8 nitrogen and oxygen atoms in total. The van der Waals surface area contributed by atoms with Crippen molar-refractivity contribution < 1.29 is 28.2 Å². The lowest BCUT2D eigenvalue weighted by atomic mass is 9.95. The summed E-state index contributed by atoms with van der Waals surface area (Å²) in [5, 5.41) is 2.81. The van der Waals surface area contributed by atoms with Crippen LogP contribution in [0, 0.1) is 12.7 Å². The summed E-state index contributed by atoms with van der Waals surface area (Å²) >= 11 is 0. The predicted octanol–water partition coefficient (Wildman–Crippen LogP) is 2.37. The smallest absolute Gasteiger partial charge is 0.257 e. The summed E-state index contributed by atoms with van der Waals surface area (Å²) in [6, 6.07) is 12.3. The van der Waals surface area contributed by atoms with Crippen LogP contribution in [0.2, 0.25) is 0 Å². The van der Waals surface area contributed by atoms with Gasteiger partial charge in [-0.05, 0) is 30.7 Å². The van der Waals surface area contributed by atoms with Crippen LogP contribution < -0.4 is 5.32 Å². The molecule has 35 heavy (non-hydrogen) atoms. The van der Waals surface area contributed by atoms with Gasteiger partial charge in [0.05, 0.1) is 18.8 Å². The summed E-state index contributed by atoms with van der Waals surface area (Å²) in [6.45, 7) is 3.10. The lowest BCUT2D eigenvalue weighted by molar-refractivity contribution is -0.128. The average molecular weight is 484 g/mol. The van der Waals surface area contributed by atoms with Gasteiger partial charge in [0.25, 0.3) is 11.8 Å². The van der Waals surface area contributed by atoms with Gasteiger partial charge in [-0.3, -0.25) is 19.3 Å². The fourth-order valence-corrected chi connectivity index (χ4v) is 4.77. The second-order valence-electron chi connectivity index (χ2n) is 8.82. The molecule has 2 heterocycles.